The number of benzene rings is 1. The Kier molecular flexibility index (Phi) is 5.00. The molecule has 1 unspecified atom stereocenters. The van der Waals surface area contributed by atoms with Crippen molar-refractivity contribution in [3.8, 4) is 5.75 Å². The van der Waals surface area contributed by atoms with Gasteiger partial charge in [-0.2, -0.15) is 0 Å². The number of rotatable bonds is 6. The fourth-order valence-corrected chi connectivity index (χ4v) is 1.91. The van der Waals surface area contributed by atoms with Gasteiger partial charge in [0.25, 0.3) is 0 Å². The van der Waals surface area contributed by atoms with Crippen molar-refractivity contribution in [1.29, 1.82) is 0 Å². The average molecular weight is 288 g/mol. The minimum absolute atomic E-state index is 0.0136. The van der Waals surface area contributed by atoms with Crippen LogP contribution in [0.2, 0.25) is 0 Å². The summed E-state index contributed by atoms with van der Waals surface area (Å²) in [5, 5.41) is 5.94. The zero-order valence-corrected chi connectivity index (χ0v) is 12.5. The number of hydrogen-bond donors (Lipinski definition) is 2. The highest BCUT2D eigenvalue weighted by molar-refractivity contribution is 5.92. The first-order valence-corrected chi connectivity index (χ1v) is 6.82. The van der Waals surface area contributed by atoms with E-state index < -0.39 is 0 Å². The molecule has 0 fully saturated rings. The summed E-state index contributed by atoms with van der Waals surface area (Å²) in [6.07, 6.45) is 0. The first-order valence-electron chi connectivity index (χ1n) is 6.82. The van der Waals surface area contributed by atoms with Crippen molar-refractivity contribution in [3.63, 3.8) is 0 Å². The van der Waals surface area contributed by atoms with Crippen molar-refractivity contribution >= 4 is 11.6 Å². The molecule has 0 radical (unpaired) electrons. The van der Waals surface area contributed by atoms with E-state index in [4.69, 9.17) is 9.15 Å². The Morgan fingerprint density at radius 3 is 2.52 bits per heavy atom. The number of hydrogen-bond acceptors (Lipinski definition) is 4. The van der Waals surface area contributed by atoms with Gasteiger partial charge in [0, 0.05) is 5.69 Å². The molecule has 1 atom stereocenters. The van der Waals surface area contributed by atoms with E-state index in [1.165, 1.54) is 0 Å². The lowest BCUT2D eigenvalue weighted by molar-refractivity contribution is -0.115. The second kappa shape index (κ2) is 6.95. The van der Waals surface area contributed by atoms with Crippen molar-refractivity contribution in [2.45, 2.75) is 19.9 Å². The monoisotopic (exact) mass is 288 g/mol. The van der Waals surface area contributed by atoms with Crippen LogP contribution in [-0.2, 0) is 4.79 Å². The number of furan rings is 1. The number of carbonyl (C=O) groups excluding carboxylic acids is 1. The van der Waals surface area contributed by atoms with Gasteiger partial charge < -0.3 is 14.5 Å². The molecule has 0 aliphatic rings. The number of nitrogens with one attached hydrogen (secondary N) is 2. The zero-order valence-electron chi connectivity index (χ0n) is 12.5. The number of carbonyl (C=O) groups is 1. The number of amides is 1. The van der Waals surface area contributed by atoms with Crippen LogP contribution in [0, 0.1) is 6.92 Å². The van der Waals surface area contributed by atoms with E-state index in [1.54, 1.807) is 31.4 Å². The first kappa shape index (κ1) is 15.1. The molecular formula is C16H20N2O3. The van der Waals surface area contributed by atoms with Crippen LogP contribution in [0.25, 0.3) is 0 Å². The summed E-state index contributed by atoms with van der Waals surface area (Å²) in [6.45, 7) is 4.07. The summed E-state index contributed by atoms with van der Waals surface area (Å²) in [7, 11) is 1.61. The molecule has 2 rings (SSSR count). The molecule has 0 bridgehead atoms. The van der Waals surface area contributed by atoms with Crippen LogP contribution in [0.5, 0.6) is 5.75 Å². The summed E-state index contributed by atoms with van der Waals surface area (Å²) in [6, 6.07) is 11.0. The van der Waals surface area contributed by atoms with Gasteiger partial charge >= 0.3 is 0 Å². The lowest BCUT2D eigenvalue weighted by Gasteiger charge is -2.11. The molecule has 2 N–H and O–H groups in total. The Hall–Kier alpha value is -2.27. The highest BCUT2D eigenvalue weighted by atomic mass is 16.5. The van der Waals surface area contributed by atoms with Gasteiger partial charge in [0.2, 0.25) is 5.91 Å². The number of ether oxygens (including phenoxy) is 1. The maximum Gasteiger partial charge on any atom is 0.238 e. The summed E-state index contributed by atoms with van der Waals surface area (Å²) >= 11 is 0. The van der Waals surface area contributed by atoms with E-state index in [0.29, 0.717) is 0 Å². The summed E-state index contributed by atoms with van der Waals surface area (Å²) < 4.78 is 10.6. The quantitative estimate of drug-likeness (QED) is 0.858. The maximum absolute atomic E-state index is 11.9. The largest absolute Gasteiger partial charge is 0.497 e. The highest BCUT2D eigenvalue weighted by Crippen LogP contribution is 2.16. The minimum Gasteiger partial charge on any atom is -0.497 e. The van der Waals surface area contributed by atoms with E-state index in [2.05, 4.69) is 10.6 Å². The van der Waals surface area contributed by atoms with Crippen LogP contribution in [-0.4, -0.2) is 19.6 Å². The van der Waals surface area contributed by atoms with Crippen molar-refractivity contribution in [3.05, 3.63) is 47.9 Å². The minimum atomic E-state index is -0.102. The molecular weight excluding hydrogens is 268 g/mol. The molecule has 0 saturated heterocycles. The van der Waals surface area contributed by atoms with Crippen LogP contribution >= 0.6 is 0 Å². The topological polar surface area (TPSA) is 63.5 Å². The van der Waals surface area contributed by atoms with Crippen LogP contribution < -0.4 is 15.4 Å². The molecule has 5 nitrogen and oxygen atoms in total. The van der Waals surface area contributed by atoms with E-state index >= 15 is 0 Å². The molecule has 0 aliphatic heterocycles. The van der Waals surface area contributed by atoms with Gasteiger partial charge in [-0.05, 0) is 50.2 Å². The fourth-order valence-electron chi connectivity index (χ4n) is 1.91. The second-order valence-electron chi connectivity index (χ2n) is 4.83. The van der Waals surface area contributed by atoms with Crippen LogP contribution in [0.3, 0.4) is 0 Å². The molecule has 21 heavy (non-hydrogen) atoms. The van der Waals surface area contributed by atoms with Crippen LogP contribution in [0.4, 0.5) is 5.69 Å². The Morgan fingerprint density at radius 1 is 1.24 bits per heavy atom. The van der Waals surface area contributed by atoms with E-state index in [1.807, 2.05) is 26.0 Å². The fraction of sp³-hybridized carbons (Fsp3) is 0.312. The Bertz CT molecular complexity index is 590. The second-order valence-corrected chi connectivity index (χ2v) is 4.83. The summed E-state index contributed by atoms with van der Waals surface area (Å²) in [4.78, 5) is 11.9. The molecule has 0 spiro atoms. The highest BCUT2D eigenvalue weighted by Gasteiger charge is 2.11. The van der Waals surface area contributed by atoms with Crippen molar-refractivity contribution in [2.75, 3.05) is 19.0 Å². The molecule has 0 aliphatic carbocycles. The third-order valence-electron chi connectivity index (χ3n) is 3.13. The molecule has 112 valence electrons. The molecule has 1 amide bonds. The standard InChI is InChI=1S/C16H20N2O3/c1-11-4-9-15(21-11)12(2)17-10-16(19)18-13-5-7-14(20-3)8-6-13/h4-9,12,17H,10H2,1-3H3,(H,18,19). The average Bonchev–Trinajstić information content (AvgIpc) is 2.92. The molecule has 1 aromatic heterocycles. The number of anilines is 1. The smallest absolute Gasteiger partial charge is 0.238 e. The van der Waals surface area contributed by atoms with Gasteiger partial charge in [-0.25, -0.2) is 0 Å². The summed E-state index contributed by atoms with van der Waals surface area (Å²) in [5.74, 6) is 2.34. The van der Waals surface area contributed by atoms with Crippen molar-refractivity contribution < 1.29 is 13.9 Å². The van der Waals surface area contributed by atoms with Crippen LogP contribution in [0.1, 0.15) is 24.5 Å². The molecule has 1 aromatic carbocycles. The van der Waals surface area contributed by atoms with Gasteiger partial charge in [-0.3, -0.25) is 10.1 Å². The third-order valence-corrected chi connectivity index (χ3v) is 3.13. The lowest BCUT2D eigenvalue weighted by atomic mass is 10.2. The van der Waals surface area contributed by atoms with Gasteiger partial charge in [-0.1, -0.05) is 0 Å². The van der Waals surface area contributed by atoms with Crippen LogP contribution in [0.15, 0.2) is 40.8 Å². The number of methoxy groups -OCH3 is 1. The Morgan fingerprint density at radius 2 is 1.95 bits per heavy atom. The predicted octanol–water partition coefficient (Wildman–Crippen LogP) is 2.89. The van der Waals surface area contributed by atoms with E-state index in [9.17, 15) is 4.79 Å². The van der Waals surface area contributed by atoms with Gasteiger partial charge in [0.15, 0.2) is 0 Å². The Balaban J connectivity index is 1.81. The van der Waals surface area contributed by atoms with Gasteiger partial charge in [0.1, 0.15) is 17.3 Å². The van der Waals surface area contributed by atoms with Gasteiger partial charge in [0.05, 0.1) is 19.7 Å². The molecule has 0 saturated carbocycles. The normalized spacial score (nSPS) is 12.0. The lowest BCUT2D eigenvalue weighted by Crippen LogP contribution is -2.29. The van der Waals surface area contributed by atoms with Crippen molar-refractivity contribution in [1.82, 2.24) is 5.32 Å². The summed E-state index contributed by atoms with van der Waals surface area (Å²) in [5.41, 5.74) is 0.740. The van der Waals surface area contributed by atoms with Crippen molar-refractivity contribution in [2.24, 2.45) is 0 Å². The molecule has 2 aromatic rings. The number of aryl methyl sites for hydroxylation is 1. The third kappa shape index (κ3) is 4.36. The van der Waals surface area contributed by atoms with E-state index in [0.717, 1.165) is 23.0 Å². The predicted molar refractivity (Wildman–Crippen MR) is 81.5 cm³/mol. The zero-order chi connectivity index (χ0) is 15.2. The van der Waals surface area contributed by atoms with Gasteiger partial charge in [-0.15, -0.1) is 0 Å². The maximum atomic E-state index is 11.9. The molecule has 5 heteroatoms. The first-order chi connectivity index (χ1) is 10.1. The molecule has 1 heterocycles. The van der Waals surface area contributed by atoms with E-state index in [-0.39, 0.29) is 18.5 Å². The Labute approximate surface area is 124 Å². The SMILES string of the molecule is COc1ccc(NC(=O)CNC(C)c2ccc(C)o2)cc1.